The van der Waals surface area contributed by atoms with E-state index in [2.05, 4.69) is 5.32 Å². The number of ether oxygens (including phenoxy) is 3. The first kappa shape index (κ1) is 15.6. The van der Waals surface area contributed by atoms with Crippen LogP contribution in [0.25, 0.3) is 0 Å². The maximum absolute atomic E-state index is 11.9. The van der Waals surface area contributed by atoms with Gasteiger partial charge in [0.25, 0.3) is 5.91 Å². The molecule has 0 saturated carbocycles. The summed E-state index contributed by atoms with van der Waals surface area (Å²) in [6, 6.07) is 4.03. The number of amides is 3. The van der Waals surface area contributed by atoms with Crippen molar-refractivity contribution in [1.82, 2.24) is 10.2 Å². The second-order valence-electron chi connectivity index (χ2n) is 4.42. The van der Waals surface area contributed by atoms with Crippen LogP contribution in [0.4, 0.5) is 4.79 Å². The number of nitrogens with zero attached hydrogens (tertiary/aromatic N) is 1. The van der Waals surface area contributed by atoms with E-state index in [0.29, 0.717) is 18.0 Å². The average Bonchev–Trinajstić information content (AvgIpc) is 2.97. The number of methoxy groups -OCH3 is 2. The number of carbonyl (C=O) groups excluding carboxylic acids is 3. The van der Waals surface area contributed by atoms with Crippen LogP contribution >= 0.6 is 0 Å². The van der Waals surface area contributed by atoms with Crippen molar-refractivity contribution in [2.75, 3.05) is 33.9 Å². The van der Waals surface area contributed by atoms with Crippen molar-refractivity contribution in [2.45, 2.75) is 0 Å². The molecule has 0 aromatic heterocycles. The van der Waals surface area contributed by atoms with Crippen LogP contribution in [0.5, 0.6) is 11.5 Å². The molecule has 2 rings (SSSR count). The van der Waals surface area contributed by atoms with Crippen LogP contribution in [0, 0.1) is 0 Å². The van der Waals surface area contributed by atoms with Crippen molar-refractivity contribution in [3.63, 3.8) is 0 Å². The van der Waals surface area contributed by atoms with Crippen LogP contribution in [-0.2, 0) is 9.53 Å². The monoisotopic (exact) mass is 308 g/mol. The topological polar surface area (TPSA) is 94.2 Å². The Kier molecular flexibility index (Phi) is 4.82. The third kappa shape index (κ3) is 3.27. The van der Waals surface area contributed by atoms with Gasteiger partial charge in [0.05, 0.1) is 19.8 Å². The zero-order valence-electron chi connectivity index (χ0n) is 12.3. The molecule has 1 aromatic carbocycles. The molecule has 1 heterocycles. The van der Waals surface area contributed by atoms with Gasteiger partial charge in [-0.05, 0) is 18.2 Å². The van der Waals surface area contributed by atoms with Crippen LogP contribution in [-0.4, -0.2) is 56.7 Å². The first-order chi connectivity index (χ1) is 10.6. The fraction of sp³-hybridized carbons (Fsp3) is 0.357. The van der Waals surface area contributed by atoms with Crippen molar-refractivity contribution in [2.24, 2.45) is 0 Å². The van der Waals surface area contributed by atoms with Gasteiger partial charge < -0.3 is 19.5 Å². The fourth-order valence-corrected chi connectivity index (χ4v) is 1.96. The van der Waals surface area contributed by atoms with Crippen LogP contribution in [0.15, 0.2) is 18.2 Å². The minimum absolute atomic E-state index is 0.219. The number of carbonyl (C=O) groups is 3. The van der Waals surface area contributed by atoms with Gasteiger partial charge in [0.15, 0.2) is 18.1 Å². The summed E-state index contributed by atoms with van der Waals surface area (Å²) in [5.41, 5.74) is 0.219. The standard InChI is InChI=1S/C14H16N2O6/c1-20-10-4-3-9(7-11(10)21-2)13(18)22-8-12(17)16-6-5-15-14(16)19/h3-4,7H,5-6,8H2,1-2H3,(H,15,19). The minimum Gasteiger partial charge on any atom is -0.493 e. The second kappa shape index (κ2) is 6.79. The van der Waals surface area contributed by atoms with Crippen LogP contribution in [0.2, 0.25) is 0 Å². The maximum atomic E-state index is 11.9. The van der Waals surface area contributed by atoms with Crippen molar-refractivity contribution >= 4 is 17.9 Å². The summed E-state index contributed by atoms with van der Waals surface area (Å²) < 4.78 is 15.1. The Hall–Kier alpha value is -2.77. The molecule has 1 aliphatic heterocycles. The molecule has 118 valence electrons. The van der Waals surface area contributed by atoms with E-state index in [0.717, 1.165) is 4.90 Å². The summed E-state index contributed by atoms with van der Waals surface area (Å²) in [6.07, 6.45) is 0. The van der Waals surface area contributed by atoms with Crippen LogP contribution < -0.4 is 14.8 Å². The number of urea groups is 1. The molecule has 3 amide bonds. The molecule has 0 radical (unpaired) electrons. The average molecular weight is 308 g/mol. The van der Waals surface area contributed by atoms with Crippen molar-refractivity contribution in [1.29, 1.82) is 0 Å². The molecular formula is C14H16N2O6. The first-order valence-electron chi connectivity index (χ1n) is 6.54. The molecule has 1 saturated heterocycles. The lowest BCUT2D eigenvalue weighted by atomic mass is 10.2. The van der Waals surface area contributed by atoms with Gasteiger partial charge in [0, 0.05) is 13.1 Å². The van der Waals surface area contributed by atoms with Crippen molar-refractivity contribution in [3.8, 4) is 11.5 Å². The zero-order valence-corrected chi connectivity index (χ0v) is 12.3. The molecule has 1 N–H and O–H groups in total. The Bertz CT molecular complexity index is 601. The number of hydrogen-bond donors (Lipinski definition) is 1. The first-order valence-corrected chi connectivity index (χ1v) is 6.54. The second-order valence-corrected chi connectivity index (χ2v) is 4.42. The molecule has 22 heavy (non-hydrogen) atoms. The van der Waals surface area contributed by atoms with Gasteiger partial charge in [-0.3, -0.25) is 9.69 Å². The largest absolute Gasteiger partial charge is 0.493 e. The molecule has 0 aliphatic carbocycles. The van der Waals surface area contributed by atoms with Gasteiger partial charge in [-0.1, -0.05) is 0 Å². The molecule has 0 atom stereocenters. The highest BCUT2D eigenvalue weighted by molar-refractivity contribution is 5.98. The molecule has 8 nitrogen and oxygen atoms in total. The number of esters is 1. The van der Waals surface area contributed by atoms with E-state index in [1.165, 1.54) is 26.4 Å². The molecule has 1 fully saturated rings. The molecule has 8 heteroatoms. The van der Waals surface area contributed by atoms with Gasteiger partial charge in [-0.2, -0.15) is 0 Å². The van der Waals surface area contributed by atoms with Gasteiger partial charge in [0.2, 0.25) is 0 Å². The Morgan fingerprint density at radius 3 is 2.55 bits per heavy atom. The van der Waals surface area contributed by atoms with Crippen LogP contribution in [0.3, 0.4) is 0 Å². The number of benzene rings is 1. The predicted octanol–water partition coefficient (Wildman–Crippen LogP) is 0.412. The van der Waals surface area contributed by atoms with E-state index >= 15 is 0 Å². The van der Waals surface area contributed by atoms with Crippen molar-refractivity contribution in [3.05, 3.63) is 23.8 Å². The van der Waals surface area contributed by atoms with E-state index in [9.17, 15) is 14.4 Å². The molecule has 1 aromatic rings. The third-order valence-corrected chi connectivity index (χ3v) is 3.10. The van der Waals surface area contributed by atoms with E-state index in [4.69, 9.17) is 14.2 Å². The lowest BCUT2D eigenvalue weighted by Gasteiger charge is -2.12. The lowest BCUT2D eigenvalue weighted by Crippen LogP contribution is -2.37. The van der Waals surface area contributed by atoms with Gasteiger partial charge in [0.1, 0.15) is 0 Å². The number of nitrogens with one attached hydrogen (secondary N) is 1. The number of hydrogen-bond acceptors (Lipinski definition) is 6. The smallest absolute Gasteiger partial charge is 0.338 e. The molecule has 0 bridgehead atoms. The SMILES string of the molecule is COc1ccc(C(=O)OCC(=O)N2CCNC2=O)cc1OC. The maximum Gasteiger partial charge on any atom is 0.338 e. The van der Waals surface area contributed by atoms with E-state index < -0.39 is 24.5 Å². The van der Waals surface area contributed by atoms with E-state index in [1.807, 2.05) is 0 Å². The van der Waals surface area contributed by atoms with Crippen LogP contribution in [0.1, 0.15) is 10.4 Å². The highest BCUT2D eigenvalue weighted by atomic mass is 16.5. The Labute approximate surface area is 126 Å². The Balaban J connectivity index is 1.97. The molecule has 1 aliphatic rings. The number of rotatable bonds is 5. The Morgan fingerprint density at radius 1 is 1.23 bits per heavy atom. The molecule has 0 unspecified atom stereocenters. The van der Waals surface area contributed by atoms with E-state index in [1.54, 1.807) is 6.07 Å². The zero-order chi connectivity index (χ0) is 16.1. The van der Waals surface area contributed by atoms with Gasteiger partial charge in [-0.25, -0.2) is 9.59 Å². The normalized spacial score (nSPS) is 13.5. The summed E-state index contributed by atoms with van der Waals surface area (Å²) in [5.74, 6) is -0.399. The number of imide groups is 1. The summed E-state index contributed by atoms with van der Waals surface area (Å²) in [4.78, 5) is 36.0. The highest BCUT2D eigenvalue weighted by Crippen LogP contribution is 2.27. The Morgan fingerprint density at radius 2 is 1.95 bits per heavy atom. The summed E-state index contributed by atoms with van der Waals surface area (Å²) in [5, 5.41) is 2.49. The lowest BCUT2D eigenvalue weighted by molar-refractivity contribution is -0.130. The highest BCUT2D eigenvalue weighted by Gasteiger charge is 2.27. The molecule has 0 spiro atoms. The quantitative estimate of drug-likeness (QED) is 0.792. The predicted molar refractivity (Wildman–Crippen MR) is 74.9 cm³/mol. The summed E-state index contributed by atoms with van der Waals surface area (Å²) in [7, 11) is 2.93. The molecular weight excluding hydrogens is 292 g/mol. The summed E-state index contributed by atoms with van der Waals surface area (Å²) >= 11 is 0. The fourth-order valence-electron chi connectivity index (χ4n) is 1.96. The van der Waals surface area contributed by atoms with E-state index in [-0.39, 0.29) is 12.1 Å². The van der Waals surface area contributed by atoms with Gasteiger partial charge >= 0.3 is 12.0 Å². The summed E-state index contributed by atoms with van der Waals surface area (Å²) in [6.45, 7) is 0.167. The minimum atomic E-state index is -0.686. The third-order valence-electron chi connectivity index (χ3n) is 3.10. The van der Waals surface area contributed by atoms with Gasteiger partial charge in [-0.15, -0.1) is 0 Å². The van der Waals surface area contributed by atoms with Crippen molar-refractivity contribution < 1.29 is 28.6 Å².